The summed E-state index contributed by atoms with van der Waals surface area (Å²) in [5.41, 5.74) is 0.883. The quantitative estimate of drug-likeness (QED) is 0.784. The molecule has 0 bridgehead atoms. The molecule has 1 aromatic rings. The molecular formula is C20H30FNO. The van der Waals surface area contributed by atoms with E-state index >= 15 is 0 Å². The van der Waals surface area contributed by atoms with Crippen LogP contribution < -0.4 is 5.32 Å². The van der Waals surface area contributed by atoms with E-state index < -0.39 is 0 Å². The molecule has 0 radical (unpaired) electrons. The molecule has 3 heteroatoms. The molecule has 1 heterocycles. The molecule has 23 heavy (non-hydrogen) atoms. The zero-order chi connectivity index (χ0) is 17.6. The Morgan fingerprint density at radius 2 is 1.52 bits per heavy atom. The number of carbonyl (C=O) groups excluding carboxylic acids is 1. The molecule has 2 nitrogen and oxygen atoms in total. The highest BCUT2D eigenvalue weighted by Crippen LogP contribution is 2.60. The minimum Gasteiger partial charge on any atom is -0.353 e. The predicted molar refractivity (Wildman–Crippen MR) is 92.7 cm³/mol. The van der Waals surface area contributed by atoms with Crippen LogP contribution in [0.3, 0.4) is 0 Å². The third-order valence-electron chi connectivity index (χ3n) is 5.89. The van der Waals surface area contributed by atoms with Crippen molar-refractivity contribution in [3.05, 3.63) is 35.6 Å². The standard InChI is InChI=1S/C20H30FNO/c1-13-20(18(2,3)4,19(5,6)7)12-16(17(23)22-13)14-8-10-15(21)11-9-14/h8-11,13,16H,12H2,1-7H3,(H,22,23). The van der Waals surface area contributed by atoms with Crippen LogP contribution in [0.1, 0.15) is 66.4 Å². The van der Waals surface area contributed by atoms with E-state index in [0.717, 1.165) is 12.0 Å². The Kier molecular flexibility index (Phi) is 4.38. The number of carbonyl (C=O) groups is 1. The Morgan fingerprint density at radius 1 is 1.04 bits per heavy atom. The molecule has 1 aliphatic rings. The minimum atomic E-state index is -0.267. The highest BCUT2D eigenvalue weighted by molar-refractivity contribution is 5.85. The molecule has 2 unspecified atom stereocenters. The van der Waals surface area contributed by atoms with Gasteiger partial charge in [-0.3, -0.25) is 4.79 Å². The number of benzene rings is 1. The van der Waals surface area contributed by atoms with Crippen LogP contribution in [0.5, 0.6) is 0 Å². The fourth-order valence-electron chi connectivity index (χ4n) is 5.03. The molecule has 1 aliphatic heterocycles. The Morgan fingerprint density at radius 3 is 1.96 bits per heavy atom. The van der Waals surface area contributed by atoms with Crippen LogP contribution in [0, 0.1) is 22.1 Å². The van der Waals surface area contributed by atoms with Crippen molar-refractivity contribution in [3.63, 3.8) is 0 Å². The van der Waals surface area contributed by atoms with E-state index in [4.69, 9.17) is 0 Å². The summed E-state index contributed by atoms with van der Waals surface area (Å²) in [6, 6.07) is 6.45. The molecule has 1 aromatic carbocycles. The molecule has 0 aliphatic carbocycles. The number of hydrogen-bond donors (Lipinski definition) is 1. The Hall–Kier alpha value is -1.38. The lowest BCUT2D eigenvalue weighted by atomic mass is 9.47. The van der Waals surface area contributed by atoms with Crippen molar-refractivity contribution < 1.29 is 9.18 Å². The lowest BCUT2D eigenvalue weighted by Crippen LogP contribution is -2.63. The van der Waals surface area contributed by atoms with Crippen molar-refractivity contribution in [2.75, 3.05) is 0 Å². The maximum Gasteiger partial charge on any atom is 0.227 e. The van der Waals surface area contributed by atoms with Crippen molar-refractivity contribution in [3.8, 4) is 0 Å². The van der Waals surface area contributed by atoms with Gasteiger partial charge in [-0.2, -0.15) is 0 Å². The summed E-state index contributed by atoms with van der Waals surface area (Å²) in [4.78, 5) is 12.6. The normalized spacial score (nSPS) is 25.1. The first-order valence-electron chi connectivity index (χ1n) is 8.46. The Labute approximate surface area is 139 Å². The fraction of sp³-hybridized carbons (Fsp3) is 0.650. The maximum atomic E-state index is 13.2. The third kappa shape index (κ3) is 2.90. The molecule has 0 aromatic heterocycles. The fourth-order valence-corrected chi connectivity index (χ4v) is 5.03. The van der Waals surface area contributed by atoms with Gasteiger partial charge in [-0.15, -0.1) is 0 Å². The first-order valence-corrected chi connectivity index (χ1v) is 8.46. The highest BCUT2D eigenvalue weighted by atomic mass is 19.1. The molecule has 128 valence electrons. The van der Waals surface area contributed by atoms with Crippen LogP contribution in [-0.2, 0) is 4.79 Å². The van der Waals surface area contributed by atoms with Gasteiger partial charge in [0.25, 0.3) is 0 Å². The molecule has 1 saturated heterocycles. The zero-order valence-electron chi connectivity index (χ0n) is 15.5. The Balaban J connectivity index is 2.52. The second-order valence-electron chi connectivity index (χ2n) is 9.01. The number of hydrogen-bond acceptors (Lipinski definition) is 1. The largest absolute Gasteiger partial charge is 0.353 e. The summed E-state index contributed by atoms with van der Waals surface area (Å²) in [6.07, 6.45) is 0.776. The number of amides is 1. The number of nitrogens with one attached hydrogen (secondary N) is 1. The van der Waals surface area contributed by atoms with Gasteiger partial charge < -0.3 is 5.32 Å². The lowest BCUT2D eigenvalue weighted by Gasteiger charge is -2.60. The van der Waals surface area contributed by atoms with E-state index in [1.807, 2.05) is 0 Å². The molecule has 1 N–H and O–H groups in total. The van der Waals surface area contributed by atoms with E-state index in [1.54, 1.807) is 12.1 Å². The highest BCUT2D eigenvalue weighted by Gasteiger charge is 2.58. The van der Waals surface area contributed by atoms with E-state index in [-0.39, 0.29) is 39.9 Å². The van der Waals surface area contributed by atoms with Gasteiger partial charge in [-0.05, 0) is 41.9 Å². The first kappa shape index (κ1) is 18.0. The van der Waals surface area contributed by atoms with Crippen LogP contribution in [0.15, 0.2) is 24.3 Å². The number of piperidine rings is 1. The van der Waals surface area contributed by atoms with Gasteiger partial charge in [-0.1, -0.05) is 53.7 Å². The van der Waals surface area contributed by atoms with Crippen molar-refractivity contribution in [1.29, 1.82) is 0 Å². The smallest absolute Gasteiger partial charge is 0.227 e. The molecule has 0 spiro atoms. The van der Waals surface area contributed by atoms with E-state index in [1.165, 1.54) is 12.1 Å². The molecule has 2 rings (SSSR count). The third-order valence-corrected chi connectivity index (χ3v) is 5.89. The second-order valence-corrected chi connectivity index (χ2v) is 9.01. The van der Waals surface area contributed by atoms with Gasteiger partial charge >= 0.3 is 0 Å². The van der Waals surface area contributed by atoms with Gasteiger partial charge in [-0.25, -0.2) is 4.39 Å². The zero-order valence-corrected chi connectivity index (χ0v) is 15.5. The van der Waals surface area contributed by atoms with Crippen LogP contribution in [0.4, 0.5) is 4.39 Å². The van der Waals surface area contributed by atoms with Crippen molar-refractivity contribution >= 4 is 5.91 Å². The van der Waals surface area contributed by atoms with Gasteiger partial charge in [0.1, 0.15) is 5.82 Å². The number of halogens is 1. The van der Waals surface area contributed by atoms with Crippen molar-refractivity contribution in [2.45, 2.75) is 66.8 Å². The predicted octanol–water partition coefficient (Wildman–Crippen LogP) is 4.90. The van der Waals surface area contributed by atoms with Crippen molar-refractivity contribution in [2.24, 2.45) is 16.2 Å². The molecule has 1 amide bonds. The average Bonchev–Trinajstić information content (AvgIpc) is 2.37. The number of rotatable bonds is 1. The SMILES string of the molecule is CC1NC(=O)C(c2ccc(F)cc2)CC1(C(C)(C)C)C(C)(C)C. The van der Waals surface area contributed by atoms with E-state index in [0.29, 0.717) is 0 Å². The van der Waals surface area contributed by atoms with Gasteiger partial charge in [0.15, 0.2) is 0 Å². The summed E-state index contributed by atoms with van der Waals surface area (Å²) in [5, 5.41) is 3.21. The van der Waals surface area contributed by atoms with Gasteiger partial charge in [0.05, 0.1) is 5.92 Å². The molecule has 1 fully saturated rings. The molecular weight excluding hydrogens is 289 g/mol. The summed E-state index contributed by atoms with van der Waals surface area (Å²) < 4.78 is 13.2. The van der Waals surface area contributed by atoms with Crippen molar-refractivity contribution in [1.82, 2.24) is 5.32 Å². The summed E-state index contributed by atoms with van der Waals surface area (Å²) in [5.74, 6) is -0.449. The summed E-state index contributed by atoms with van der Waals surface area (Å²) in [6.45, 7) is 15.7. The second kappa shape index (κ2) is 5.61. The summed E-state index contributed by atoms with van der Waals surface area (Å²) in [7, 11) is 0. The maximum absolute atomic E-state index is 13.2. The van der Waals surface area contributed by atoms with Crippen LogP contribution in [0.2, 0.25) is 0 Å². The lowest BCUT2D eigenvalue weighted by molar-refractivity contribution is -0.141. The van der Waals surface area contributed by atoms with Crippen LogP contribution in [-0.4, -0.2) is 11.9 Å². The van der Waals surface area contributed by atoms with Crippen LogP contribution in [0.25, 0.3) is 0 Å². The monoisotopic (exact) mass is 319 g/mol. The topological polar surface area (TPSA) is 29.1 Å². The Bertz CT molecular complexity index is 563. The molecule has 0 saturated carbocycles. The molecule has 2 atom stereocenters. The van der Waals surface area contributed by atoms with Crippen LogP contribution >= 0.6 is 0 Å². The van der Waals surface area contributed by atoms with Gasteiger partial charge in [0.2, 0.25) is 5.91 Å². The summed E-state index contributed by atoms with van der Waals surface area (Å²) >= 11 is 0. The van der Waals surface area contributed by atoms with E-state index in [2.05, 4.69) is 53.8 Å². The van der Waals surface area contributed by atoms with Gasteiger partial charge in [0, 0.05) is 11.5 Å². The average molecular weight is 319 g/mol. The van der Waals surface area contributed by atoms with E-state index in [9.17, 15) is 9.18 Å². The first-order chi connectivity index (χ1) is 10.4. The minimum absolute atomic E-state index is 0.0245.